The van der Waals surface area contributed by atoms with Crippen molar-refractivity contribution in [2.24, 2.45) is 0 Å². The largest absolute Gasteiger partial charge is 0.512 e. The van der Waals surface area contributed by atoms with Crippen LogP contribution in [0.5, 0.6) is 5.75 Å². The molecule has 0 aromatic heterocycles. The monoisotopic (exact) mass is 541 g/mol. The number of hydrogen-bond donors (Lipinski definition) is 2. The molecule has 212 valence electrons. The Bertz CT molecular complexity index is 1230. The summed E-state index contributed by atoms with van der Waals surface area (Å²) < 4.78 is 32.2. The maximum absolute atomic E-state index is 15.7. The van der Waals surface area contributed by atoms with Crippen molar-refractivity contribution >= 4 is 17.6 Å². The number of alkyl carbamates (subject to hydrolysis) is 1. The minimum atomic E-state index is -0.678. The summed E-state index contributed by atoms with van der Waals surface area (Å²) in [7, 11) is 0. The van der Waals surface area contributed by atoms with Gasteiger partial charge in [-0.15, -0.1) is 0 Å². The van der Waals surface area contributed by atoms with E-state index in [9.17, 15) is 14.7 Å². The number of hydrogen-bond acceptors (Lipinski definition) is 6. The van der Waals surface area contributed by atoms with Gasteiger partial charge in [-0.05, 0) is 52.3 Å². The van der Waals surface area contributed by atoms with Gasteiger partial charge in [-0.3, -0.25) is 4.79 Å². The van der Waals surface area contributed by atoms with E-state index in [1.807, 2.05) is 32.0 Å². The van der Waals surface area contributed by atoms with E-state index in [2.05, 4.69) is 5.32 Å². The van der Waals surface area contributed by atoms with Gasteiger partial charge in [-0.1, -0.05) is 44.2 Å². The number of halogens is 1. The van der Waals surface area contributed by atoms with Crippen LogP contribution in [-0.4, -0.2) is 29.4 Å². The summed E-state index contributed by atoms with van der Waals surface area (Å²) in [5, 5.41) is 13.4. The van der Waals surface area contributed by atoms with Crippen LogP contribution in [-0.2, 0) is 27.2 Å². The number of nitrogens with one attached hydrogen (secondary N) is 1. The van der Waals surface area contributed by atoms with Gasteiger partial charge in [0.1, 0.15) is 22.9 Å². The molecule has 0 aliphatic rings. The van der Waals surface area contributed by atoms with E-state index in [1.165, 1.54) is 0 Å². The van der Waals surface area contributed by atoms with Gasteiger partial charge < -0.3 is 24.6 Å². The van der Waals surface area contributed by atoms with E-state index in [1.54, 1.807) is 58.9 Å². The third kappa shape index (κ3) is 9.78. The first-order valence-corrected chi connectivity index (χ1v) is 13.2. The number of aliphatic hydroxyl groups excluding tert-OH is 1. The molecule has 7 nitrogen and oxygen atoms in total. The zero-order chi connectivity index (χ0) is 29.2. The van der Waals surface area contributed by atoms with Crippen molar-refractivity contribution in [2.75, 3.05) is 6.61 Å². The van der Waals surface area contributed by atoms with Crippen LogP contribution in [0.25, 0.3) is 5.57 Å². The Kier molecular flexibility index (Phi) is 11.6. The number of allylic oxidation sites excluding steroid dienone is 4. The Balaban J connectivity index is 2.42. The topological polar surface area (TPSA) is 94.1 Å². The van der Waals surface area contributed by atoms with Crippen LogP contribution in [0.4, 0.5) is 9.18 Å². The highest BCUT2D eigenvalue weighted by Gasteiger charge is 2.19. The molecule has 0 aliphatic carbocycles. The fourth-order valence-corrected chi connectivity index (χ4v) is 3.69. The average Bonchev–Trinajstić information content (AvgIpc) is 2.86. The molecule has 2 N–H and O–H groups in total. The van der Waals surface area contributed by atoms with E-state index < -0.39 is 17.5 Å². The molecule has 0 aliphatic heterocycles. The van der Waals surface area contributed by atoms with Gasteiger partial charge in [-0.25, -0.2) is 9.18 Å². The van der Waals surface area contributed by atoms with Crippen molar-refractivity contribution in [1.29, 1.82) is 0 Å². The standard InChI is InChI=1S/C31H40FNO6/c1-8-23(38-27-16-20(4)14-15-21(27)17-28(35)37-10-3)18-25(26(34)9-2)24-13-11-12-22(29(24)32)19-33-30(36)39-31(5,6)7/h11-16,18,34H,8-10,17,19H2,1-7H3,(H,33,36)/b23-18+,26-25-. The third-order valence-corrected chi connectivity index (χ3v) is 5.59. The highest BCUT2D eigenvalue weighted by atomic mass is 19.1. The summed E-state index contributed by atoms with van der Waals surface area (Å²) in [6.45, 7) is 12.7. The number of carbonyl (C=O) groups excluding carboxylic acids is 2. The van der Waals surface area contributed by atoms with E-state index in [0.29, 0.717) is 23.5 Å². The second-order valence-corrected chi connectivity index (χ2v) is 10.0. The Morgan fingerprint density at radius 3 is 2.38 bits per heavy atom. The highest BCUT2D eigenvalue weighted by molar-refractivity contribution is 5.77. The number of ether oxygens (including phenoxy) is 3. The molecular weight excluding hydrogens is 501 g/mol. The fourth-order valence-electron chi connectivity index (χ4n) is 3.69. The summed E-state index contributed by atoms with van der Waals surface area (Å²) >= 11 is 0. The molecule has 2 aromatic carbocycles. The van der Waals surface area contributed by atoms with Crippen LogP contribution in [0.1, 0.15) is 76.6 Å². The summed E-state index contributed by atoms with van der Waals surface area (Å²) in [4.78, 5) is 24.2. The minimum absolute atomic E-state index is 0.0170. The molecule has 2 rings (SSSR count). The van der Waals surface area contributed by atoms with Crippen LogP contribution in [0, 0.1) is 12.7 Å². The molecule has 1 amide bonds. The number of aryl methyl sites for hydroxylation is 1. The van der Waals surface area contributed by atoms with Crippen LogP contribution in [0.3, 0.4) is 0 Å². The number of rotatable bonds is 11. The number of esters is 1. The van der Waals surface area contributed by atoms with Crippen molar-refractivity contribution in [2.45, 2.75) is 79.9 Å². The average molecular weight is 542 g/mol. The molecule has 0 atom stereocenters. The molecular formula is C31H40FNO6. The van der Waals surface area contributed by atoms with Crippen molar-refractivity contribution in [3.05, 3.63) is 82.1 Å². The predicted octanol–water partition coefficient (Wildman–Crippen LogP) is 7.32. The Hall–Kier alpha value is -3.81. The second kappa shape index (κ2) is 14.4. The lowest BCUT2D eigenvalue weighted by atomic mass is 9.98. The minimum Gasteiger partial charge on any atom is -0.512 e. The van der Waals surface area contributed by atoms with E-state index in [0.717, 1.165) is 5.56 Å². The van der Waals surface area contributed by atoms with Gasteiger partial charge in [0.2, 0.25) is 0 Å². The van der Waals surface area contributed by atoms with Crippen molar-refractivity contribution < 1.29 is 33.3 Å². The molecule has 0 saturated carbocycles. The smallest absolute Gasteiger partial charge is 0.407 e. The van der Waals surface area contributed by atoms with Crippen LogP contribution >= 0.6 is 0 Å². The van der Waals surface area contributed by atoms with E-state index in [4.69, 9.17) is 14.2 Å². The molecule has 0 saturated heterocycles. The maximum Gasteiger partial charge on any atom is 0.407 e. The van der Waals surface area contributed by atoms with Gasteiger partial charge in [0.05, 0.1) is 18.8 Å². The number of carbonyl (C=O) groups is 2. The van der Waals surface area contributed by atoms with Crippen molar-refractivity contribution in [1.82, 2.24) is 5.32 Å². The van der Waals surface area contributed by atoms with Crippen LogP contribution in [0.15, 0.2) is 54.0 Å². The molecule has 8 heteroatoms. The van der Waals surface area contributed by atoms with Gasteiger partial charge in [0.15, 0.2) is 0 Å². The number of amides is 1. The Morgan fingerprint density at radius 1 is 1.05 bits per heavy atom. The first-order valence-electron chi connectivity index (χ1n) is 13.2. The summed E-state index contributed by atoms with van der Waals surface area (Å²) in [6.07, 6.45) is 1.71. The molecule has 0 bridgehead atoms. The quantitative estimate of drug-likeness (QED) is 0.176. The molecule has 39 heavy (non-hydrogen) atoms. The molecule has 0 spiro atoms. The van der Waals surface area contributed by atoms with Crippen LogP contribution < -0.4 is 10.1 Å². The molecule has 2 aromatic rings. The molecule has 0 fully saturated rings. The Morgan fingerprint density at radius 2 is 1.77 bits per heavy atom. The first kappa shape index (κ1) is 31.4. The van der Waals surface area contributed by atoms with Gasteiger partial charge in [-0.2, -0.15) is 0 Å². The lowest BCUT2D eigenvalue weighted by Gasteiger charge is -2.20. The zero-order valence-corrected chi connectivity index (χ0v) is 23.9. The molecule has 0 heterocycles. The molecule has 0 unspecified atom stereocenters. The second-order valence-electron chi connectivity index (χ2n) is 10.0. The fraction of sp³-hybridized carbons (Fsp3) is 0.419. The van der Waals surface area contributed by atoms with E-state index >= 15 is 4.39 Å². The van der Waals surface area contributed by atoms with Crippen LogP contribution in [0.2, 0.25) is 0 Å². The normalized spacial score (nSPS) is 12.5. The lowest BCUT2D eigenvalue weighted by molar-refractivity contribution is -0.142. The predicted molar refractivity (Wildman–Crippen MR) is 150 cm³/mol. The van der Waals surface area contributed by atoms with Gasteiger partial charge >= 0.3 is 12.1 Å². The third-order valence-electron chi connectivity index (χ3n) is 5.59. The van der Waals surface area contributed by atoms with Crippen molar-refractivity contribution in [3.8, 4) is 5.75 Å². The maximum atomic E-state index is 15.7. The van der Waals surface area contributed by atoms with Crippen molar-refractivity contribution in [3.63, 3.8) is 0 Å². The van der Waals surface area contributed by atoms with Gasteiger partial charge in [0, 0.05) is 41.6 Å². The summed E-state index contributed by atoms with van der Waals surface area (Å²) in [6, 6.07) is 10.3. The van der Waals surface area contributed by atoms with Gasteiger partial charge in [0.25, 0.3) is 0 Å². The number of aliphatic hydroxyl groups is 1. The molecule has 0 radical (unpaired) electrons. The lowest BCUT2D eigenvalue weighted by Crippen LogP contribution is -2.32. The first-order chi connectivity index (χ1) is 18.4. The summed E-state index contributed by atoms with van der Waals surface area (Å²) in [5.74, 6) is 0.00138. The van der Waals surface area contributed by atoms with E-state index in [-0.39, 0.29) is 54.4 Å². The number of benzene rings is 2. The highest BCUT2D eigenvalue weighted by Crippen LogP contribution is 2.30. The summed E-state index contributed by atoms with van der Waals surface area (Å²) in [5.41, 5.74) is 1.60. The zero-order valence-electron chi connectivity index (χ0n) is 23.9. The SMILES string of the molecule is CCOC(=O)Cc1ccc(C)cc1O/C(=C/C(=C(/O)CC)c1cccc(CNC(=O)OC(C)(C)C)c1F)CC. The Labute approximate surface area is 230 Å².